The van der Waals surface area contributed by atoms with Gasteiger partial charge < -0.3 is 15.9 Å². The predicted octanol–water partition coefficient (Wildman–Crippen LogP) is 4.50. The van der Waals surface area contributed by atoms with E-state index in [-0.39, 0.29) is 17.2 Å². The van der Waals surface area contributed by atoms with Gasteiger partial charge in [-0.05, 0) is 41.8 Å². The monoisotopic (exact) mass is 368 g/mol. The second kappa shape index (κ2) is 9.94. The van der Waals surface area contributed by atoms with E-state index in [2.05, 4.69) is 6.92 Å². The average Bonchev–Trinajstić information content (AvgIpc) is 2.54. The van der Waals surface area contributed by atoms with Crippen molar-refractivity contribution in [2.75, 3.05) is 17.2 Å². The van der Waals surface area contributed by atoms with Gasteiger partial charge in [-0.2, -0.15) is 0 Å². The minimum absolute atomic E-state index is 0.158. The lowest BCUT2D eigenvalue weighted by molar-refractivity contribution is -0.386. The second-order valence-corrected chi connectivity index (χ2v) is 7.17. The second-order valence-electron chi connectivity index (χ2n) is 4.49. The molecule has 0 aliphatic rings. The summed E-state index contributed by atoms with van der Waals surface area (Å²) in [5.74, 6) is 1.74. The van der Waals surface area contributed by atoms with Gasteiger partial charge in [0.15, 0.2) is 5.75 Å². The molecule has 24 heavy (non-hydrogen) atoms. The summed E-state index contributed by atoms with van der Waals surface area (Å²) in [6.07, 6.45) is 0. The van der Waals surface area contributed by atoms with E-state index in [0.717, 1.165) is 21.3 Å². The number of phenols is 2. The van der Waals surface area contributed by atoms with Crippen LogP contribution in [0.15, 0.2) is 46.2 Å². The molecule has 0 spiro atoms. The molecular formula is C16H20N2O4S2. The molecule has 0 heterocycles. The molecule has 0 fully saturated rings. The lowest BCUT2D eigenvalue weighted by Gasteiger charge is -2.01. The van der Waals surface area contributed by atoms with Gasteiger partial charge in [-0.25, -0.2) is 0 Å². The summed E-state index contributed by atoms with van der Waals surface area (Å²) in [6.45, 7) is 4.04. The summed E-state index contributed by atoms with van der Waals surface area (Å²) < 4.78 is 0. The molecule has 0 unspecified atom stereocenters. The van der Waals surface area contributed by atoms with Crippen LogP contribution in [-0.4, -0.2) is 26.6 Å². The summed E-state index contributed by atoms with van der Waals surface area (Å²) in [5, 5.41) is 28.6. The number of nitrogens with zero attached hydrogens (tertiary/aromatic N) is 1. The third-order valence-electron chi connectivity index (χ3n) is 2.76. The van der Waals surface area contributed by atoms with Crippen molar-refractivity contribution >= 4 is 34.9 Å². The summed E-state index contributed by atoms with van der Waals surface area (Å²) >= 11 is 3.21. The fourth-order valence-corrected chi connectivity index (χ4v) is 3.10. The zero-order valence-electron chi connectivity index (χ0n) is 13.4. The fourth-order valence-electron chi connectivity index (χ4n) is 1.69. The summed E-state index contributed by atoms with van der Waals surface area (Å²) in [5.41, 5.74) is 5.70. The van der Waals surface area contributed by atoms with E-state index in [1.807, 2.05) is 13.0 Å². The van der Waals surface area contributed by atoms with Gasteiger partial charge in [0.25, 0.3) is 0 Å². The van der Waals surface area contributed by atoms with Crippen LogP contribution in [0.25, 0.3) is 0 Å². The van der Waals surface area contributed by atoms with Gasteiger partial charge in [-0.3, -0.25) is 10.1 Å². The van der Waals surface area contributed by atoms with Crippen LogP contribution in [0.1, 0.15) is 13.8 Å². The molecule has 0 aliphatic heterocycles. The number of nitrogens with two attached hydrogens (primary N) is 1. The van der Waals surface area contributed by atoms with Crippen LogP contribution in [0, 0.1) is 10.1 Å². The van der Waals surface area contributed by atoms with Gasteiger partial charge in [-0.15, -0.1) is 23.5 Å². The molecule has 6 nitrogen and oxygen atoms in total. The molecule has 0 atom stereocenters. The zero-order chi connectivity index (χ0) is 18.1. The molecule has 0 aliphatic carbocycles. The van der Waals surface area contributed by atoms with Crippen LogP contribution >= 0.6 is 23.5 Å². The van der Waals surface area contributed by atoms with Gasteiger partial charge in [0.05, 0.1) is 10.6 Å². The van der Waals surface area contributed by atoms with Crippen LogP contribution in [-0.2, 0) is 0 Å². The smallest absolute Gasteiger partial charge is 0.311 e. The third-order valence-corrected chi connectivity index (χ3v) is 4.52. The molecule has 2 rings (SSSR count). The highest BCUT2D eigenvalue weighted by Gasteiger charge is 2.13. The van der Waals surface area contributed by atoms with E-state index in [4.69, 9.17) is 15.9 Å². The maximum Gasteiger partial charge on any atom is 0.311 e. The van der Waals surface area contributed by atoms with E-state index in [1.54, 1.807) is 30.0 Å². The molecular weight excluding hydrogens is 348 g/mol. The Labute approximate surface area is 149 Å². The maximum absolute atomic E-state index is 10.4. The minimum atomic E-state index is -0.588. The molecule has 0 amide bonds. The number of aromatic hydroxyl groups is 2. The van der Waals surface area contributed by atoms with Crippen LogP contribution < -0.4 is 5.73 Å². The number of benzene rings is 2. The number of nitro benzene ring substituents is 1. The highest BCUT2D eigenvalue weighted by atomic mass is 32.2. The van der Waals surface area contributed by atoms with Gasteiger partial charge >= 0.3 is 5.69 Å². The van der Waals surface area contributed by atoms with Crippen molar-refractivity contribution in [1.29, 1.82) is 0 Å². The van der Waals surface area contributed by atoms with Crippen molar-refractivity contribution in [1.82, 2.24) is 0 Å². The van der Waals surface area contributed by atoms with Gasteiger partial charge in [0.1, 0.15) is 5.75 Å². The Morgan fingerprint density at radius 1 is 1.00 bits per heavy atom. The van der Waals surface area contributed by atoms with Crippen LogP contribution in [0.5, 0.6) is 11.5 Å². The molecule has 0 radical (unpaired) electrons. The largest absolute Gasteiger partial charge is 0.506 e. The molecule has 8 heteroatoms. The van der Waals surface area contributed by atoms with Crippen molar-refractivity contribution < 1.29 is 15.1 Å². The van der Waals surface area contributed by atoms with E-state index >= 15 is 0 Å². The maximum atomic E-state index is 10.4. The zero-order valence-corrected chi connectivity index (χ0v) is 15.1. The van der Waals surface area contributed by atoms with E-state index in [9.17, 15) is 10.1 Å². The summed E-state index contributed by atoms with van der Waals surface area (Å²) in [7, 11) is 0. The lowest BCUT2D eigenvalue weighted by Crippen LogP contribution is -1.88. The first-order valence-electron chi connectivity index (χ1n) is 7.20. The Bertz CT molecular complexity index is 696. The molecule has 0 aromatic heterocycles. The SMILES string of the molecule is CCSc1ccc(O)c(N)c1.CCSc1ccc(O)c([N+](=O)[O-])c1. The van der Waals surface area contributed by atoms with Gasteiger partial charge in [0.2, 0.25) is 0 Å². The van der Waals surface area contributed by atoms with Gasteiger partial charge in [0, 0.05) is 15.9 Å². The molecule has 2 aromatic rings. The first-order chi connectivity index (χ1) is 11.4. The van der Waals surface area contributed by atoms with E-state index < -0.39 is 4.92 Å². The Hall–Kier alpha value is -2.06. The molecule has 0 saturated heterocycles. The highest BCUT2D eigenvalue weighted by molar-refractivity contribution is 7.99. The quantitative estimate of drug-likeness (QED) is 0.234. The number of rotatable bonds is 5. The Balaban J connectivity index is 0.000000243. The van der Waals surface area contributed by atoms with Crippen LogP contribution in [0.2, 0.25) is 0 Å². The van der Waals surface area contributed by atoms with Crippen LogP contribution in [0.3, 0.4) is 0 Å². The topological polar surface area (TPSA) is 110 Å². The number of thioether (sulfide) groups is 2. The molecule has 4 N–H and O–H groups in total. The van der Waals surface area contributed by atoms with Crippen molar-refractivity contribution in [3.05, 3.63) is 46.5 Å². The summed E-state index contributed by atoms with van der Waals surface area (Å²) in [6, 6.07) is 9.65. The minimum Gasteiger partial charge on any atom is -0.506 e. The first-order valence-corrected chi connectivity index (χ1v) is 9.17. The third kappa shape index (κ3) is 6.21. The molecule has 130 valence electrons. The molecule has 0 saturated carbocycles. The number of nitrogen functional groups attached to an aromatic ring is 1. The summed E-state index contributed by atoms with van der Waals surface area (Å²) in [4.78, 5) is 11.7. The predicted molar refractivity (Wildman–Crippen MR) is 100 cm³/mol. The Morgan fingerprint density at radius 3 is 1.96 bits per heavy atom. The van der Waals surface area contributed by atoms with Crippen molar-refractivity contribution in [2.24, 2.45) is 0 Å². The normalized spacial score (nSPS) is 9.92. The molecule has 0 bridgehead atoms. The molecule has 2 aromatic carbocycles. The van der Waals surface area contributed by atoms with Crippen molar-refractivity contribution in [2.45, 2.75) is 23.6 Å². The van der Waals surface area contributed by atoms with Crippen molar-refractivity contribution in [3.8, 4) is 11.5 Å². The van der Waals surface area contributed by atoms with Gasteiger partial charge in [-0.1, -0.05) is 13.8 Å². The van der Waals surface area contributed by atoms with E-state index in [0.29, 0.717) is 5.69 Å². The van der Waals surface area contributed by atoms with E-state index in [1.165, 1.54) is 23.9 Å². The Kier molecular flexibility index (Phi) is 8.28. The van der Waals surface area contributed by atoms with Crippen molar-refractivity contribution in [3.63, 3.8) is 0 Å². The standard InChI is InChI=1S/C8H9NO3S.C8H11NOS/c1-2-13-6-3-4-8(10)7(5-6)9(11)12;1-2-11-6-3-4-8(10)7(9)5-6/h3-5,10H,2H2,1H3;3-5,10H,2,9H2,1H3. The lowest BCUT2D eigenvalue weighted by atomic mass is 10.3. The fraction of sp³-hybridized carbons (Fsp3) is 0.250. The highest BCUT2D eigenvalue weighted by Crippen LogP contribution is 2.30. The number of phenolic OH excluding ortho intramolecular Hbond substituents is 2. The number of hydrogen-bond donors (Lipinski definition) is 3. The number of hydrogen-bond acceptors (Lipinski definition) is 7. The number of nitro groups is 1. The average molecular weight is 368 g/mol. The first kappa shape index (κ1) is 20.0. The van der Waals surface area contributed by atoms with Crippen LogP contribution in [0.4, 0.5) is 11.4 Å². The Morgan fingerprint density at radius 2 is 1.50 bits per heavy atom. The number of anilines is 1.